The van der Waals surface area contributed by atoms with Gasteiger partial charge in [-0.25, -0.2) is 14.8 Å². The van der Waals surface area contributed by atoms with Crippen LogP contribution < -0.4 is 10.4 Å². The summed E-state index contributed by atoms with van der Waals surface area (Å²) in [6.45, 7) is 0.100. The smallest absolute Gasteiger partial charge is 0.418 e. The molecule has 0 spiro atoms. The maximum absolute atomic E-state index is 12.9. The van der Waals surface area contributed by atoms with Crippen LogP contribution in [0, 0.1) is 0 Å². The Morgan fingerprint density at radius 2 is 1.87 bits per heavy atom. The van der Waals surface area contributed by atoms with Crippen molar-refractivity contribution in [3.8, 4) is 5.75 Å². The number of aliphatic hydroxyl groups is 1. The van der Waals surface area contributed by atoms with E-state index in [1.807, 2.05) is 0 Å². The van der Waals surface area contributed by atoms with Gasteiger partial charge in [-0.05, 0) is 23.8 Å². The number of hydrogen-bond donors (Lipinski definition) is 1. The maximum atomic E-state index is 12.9. The van der Waals surface area contributed by atoms with Gasteiger partial charge in [-0.15, -0.1) is 0 Å². The first-order chi connectivity index (χ1) is 13.8. The first-order valence-electron chi connectivity index (χ1n) is 8.39. The standard InChI is InChI=1S/C18H14F3N5O3.CH4/c1-29-12-4-2-10(3-5-12)8-25-15-13(16-23-9-24-26(16)17(25)28)6-11(7-22-15)14(27)18(19,20)21;/h2-7,9,14,27H,8H2,1H3;1H4. The number of hydrogen-bond acceptors (Lipinski definition) is 6. The van der Waals surface area contributed by atoms with Crippen LogP contribution in [-0.2, 0) is 6.54 Å². The summed E-state index contributed by atoms with van der Waals surface area (Å²) in [6, 6.07) is 8.08. The van der Waals surface area contributed by atoms with Crippen molar-refractivity contribution in [1.29, 1.82) is 0 Å². The van der Waals surface area contributed by atoms with Gasteiger partial charge in [-0.2, -0.15) is 22.8 Å². The van der Waals surface area contributed by atoms with Gasteiger partial charge in [0.2, 0.25) is 0 Å². The molecule has 0 bridgehead atoms. The Morgan fingerprint density at radius 1 is 1.17 bits per heavy atom. The summed E-state index contributed by atoms with van der Waals surface area (Å²) in [5, 5.41) is 13.6. The van der Waals surface area contributed by atoms with Gasteiger partial charge < -0.3 is 9.84 Å². The fraction of sp³-hybridized carbons (Fsp3) is 0.263. The highest BCUT2D eigenvalue weighted by Gasteiger charge is 2.39. The van der Waals surface area contributed by atoms with Crippen LogP contribution in [0.4, 0.5) is 13.2 Å². The molecule has 0 saturated heterocycles. The molecule has 0 aliphatic rings. The molecule has 8 nitrogen and oxygen atoms in total. The van der Waals surface area contributed by atoms with Gasteiger partial charge in [0.1, 0.15) is 17.7 Å². The lowest BCUT2D eigenvalue weighted by molar-refractivity contribution is -0.206. The van der Waals surface area contributed by atoms with Gasteiger partial charge in [0, 0.05) is 11.8 Å². The molecule has 1 aromatic carbocycles. The predicted molar refractivity (Wildman–Crippen MR) is 102 cm³/mol. The number of alkyl halides is 3. The van der Waals surface area contributed by atoms with Gasteiger partial charge in [0.25, 0.3) is 0 Å². The van der Waals surface area contributed by atoms with Crippen molar-refractivity contribution < 1.29 is 23.0 Å². The van der Waals surface area contributed by atoms with Crippen LogP contribution in [-0.4, -0.2) is 42.5 Å². The van der Waals surface area contributed by atoms with E-state index in [1.165, 1.54) is 11.7 Å². The summed E-state index contributed by atoms with van der Waals surface area (Å²) >= 11 is 0. The third-order valence-corrected chi connectivity index (χ3v) is 4.47. The SMILES string of the molecule is C.COc1ccc(Cn2c(=O)n3ncnc3c3cc(C(O)C(F)(F)F)cnc32)cc1. The highest BCUT2D eigenvalue weighted by atomic mass is 19.4. The second-order valence-corrected chi connectivity index (χ2v) is 6.30. The van der Waals surface area contributed by atoms with Crippen molar-refractivity contribution in [2.75, 3.05) is 7.11 Å². The maximum Gasteiger partial charge on any atom is 0.418 e. The van der Waals surface area contributed by atoms with E-state index in [0.29, 0.717) is 5.75 Å². The van der Waals surface area contributed by atoms with Crippen LogP contribution in [0.2, 0.25) is 0 Å². The van der Waals surface area contributed by atoms with E-state index in [9.17, 15) is 23.1 Å². The molecule has 1 unspecified atom stereocenters. The minimum Gasteiger partial charge on any atom is -0.497 e. The normalized spacial score (nSPS) is 12.7. The quantitative estimate of drug-likeness (QED) is 0.545. The Hall–Kier alpha value is -3.47. The molecule has 30 heavy (non-hydrogen) atoms. The lowest BCUT2D eigenvalue weighted by Crippen LogP contribution is -2.29. The van der Waals surface area contributed by atoms with Gasteiger partial charge in [-0.3, -0.25) is 4.57 Å². The summed E-state index contributed by atoms with van der Waals surface area (Å²) in [5.41, 5.74) is -0.0685. The molecule has 0 radical (unpaired) electrons. The number of benzene rings is 1. The molecule has 158 valence electrons. The molecular weight excluding hydrogens is 403 g/mol. The van der Waals surface area contributed by atoms with Crippen LogP contribution in [0.25, 0.3) is 16.7 Å². The van der Waals surface area contributed by atoms with Gasteiger partial charge in [0.05, 0.1) is 19.0 Å². The average molecular weight is 421 g/mol. The van der Waals surface area contributed by atoms with E-state index >= 15 is 0 Å². The number of ether oxygens (including phenoxy) is 1. The van der Waals surface area contributed by atoms with E-state index < -0.39 is 23.5 Å². The zero-order chi connectivity index (χ0) is 20.8. The second kappa shape index (κ2) is 7.75. The van der Waals surface area contributed by atoms with E-state index in [-0.39, 0.29) is 30.7 Å². The molecule has 0 saturated carbocycles. The first kappa shape index (κ1) is 21.2. The van der Waals surface area contributed by atoms with E-state index in [1.54, 1.807) is 24.3 Å². The van der Waals surface area contributed by atoms with Crippen molar-refractivity contribution in [2.45, 2.75) is 26.3 Å². The monoisotopic (exact) mass is 421 g/mol. The van der Waals surface area contributed by atoms with E-state index in [0.717, 1.165) is 28.7 Å². The fourth-order valence-corrected chi connectivity index (χ4v) is 3.02. The van der Waals surface area contributed by atoms with Gasteiger partial charge >= 0.3 is 11.9 Å². The third-order valence-electron chi connectivity index (χ3n) is 4.47. The molecular formula is C19H18F3N5O3. The van der Waals surface area contributed by atoms with Crippen LogP contribution in [0.5, 0.6) is 5.75 Å². The topological polar surface area (TPSA) is 94.5 Å². The Bertz CT molecular complexity index is 1250. The van der Waals surface area contributed by atoms with Gasteiger partial charge in [0.15, 0.2) is 11.8 Å². The summed E-state index contributed by atoms with van der Waals surface area (Å²) < 4.78 is 46.1. The number of pyridine rings is 1. The average Bonchev–Trinajstić information content (AvgIpc) is 3.20. The Labute approximate surface area is 168 Å². The highest BCUT2D eigenvalue weighted by molar-refractivity contribution is 5.89. The van der Waals surface area contributed by atoms with E-state index in [4.69, 9.17) is 4.74 Å². The largest absolute Gasteiger partial charge is 0.497 e. The van der Waals surface area contributed by atoms with Crippen molar-refractivity contribution in [3.63, 3.8) is 0 Å². The molecule has 11 heteroatoms. The highest BCUT2D eigenvalue weighted by Crippen LogP contribution is 2.33. The number of fused-ring (bicyclic) bond motifs is 3. The van der Waals surface area contributed by atoms with Crippen molar-refractivity contribution >= 4 is 16.7 Å². The summed E-state index contributed by atoms with van der Waals surface area (Å²) in [4.78, 5) is 20.8. The Balaban J connectivity index is 0.00000256. The molecule has 0 aliphatic heterocycles. The minimum atomic E-state index is -4.85. The van der Waals surface area contributed by atoms with Crippen LogP contribution in [0.3, 0.4) is 0 Å². The number of aliphatic hydroxyl groups excluding tert-OH is 1. The Morgan fingerprint density at radius 3 is 2.50 bits per heavy atom. The number of rotatable bonds is 4. The third kappa shape index (κ3) is 3.59. The molecule has 3 aromatic heterocycles. The zero-order valence-corrected chi connectivity index (χ0v) is 15.0. The Kier molecular flexibility index (Phi) is 5.49. The summed E-state index contributed by atoms with van der Waals surface area (Å²) in [6.07, 6.45) is -5.53. The molecule has 1 N–H and O–H groups in total. The second-order valence-electron chi connectivity index (χ2n) is 6.30. The first-order valence-corrected chi connectivity index (χ1v) is 8.39. The molecule has 0 amide bonds. The molecule has 0 aliphatic carbocycles. The molecule has 3 heterocycles. The number of halogens is 3. The van der Waals surface area contributed by atoms with Crippen molar-refractivity contribution in [1.82, 2.24) is 24.1 Å². The number of methoxy groups -OCH3 is 1. The van der Waals surface area contributed by atoms with Crippen molar-refractivity contribution in [2.24, 2.45) is 0 Å². The number of nitrogens with zero attached hydrogens (tertiary/aromatic N) is 5. The summed E-state index contributed by atoms with van der Waals surface area (Å²) in [5.74, 6) is 0.640. The van der Waals surface area contributed by atoms with Gasteiger partial charge in [-0.1, -0.05) is 19.6 Å². The fourth-order valence-electron chi connectivity index (χ4n) is 3.02. The molecule has 4 rings (SSSR count). The zero-order valence-electron chi connectivity index (χ0n) is 15.0. The molecule has 1 atom stereocenters. The summed E-state index contributed by atoms with van der Waals surface area (Å²) in [7, 11) is 1.53. The lowest BCUT2D eigenvalue weighted by Gasteiger charge is -2.16. The minimum absolute atomic E-state index is 0. The van der Waals surface area contributed by atoms with Crippen molar-refractivity contribution in [3.05, 3.63) is 64.5 Å². The van der Waals surface area contributed by atoms with Crippen LogP contribution in [0.15, 0.2) is 47.7 Å². The van der Waals surface area contributed by atoms with Crippen LogP contribution >= 0.6 is 0 Å². The predicted octanol–water partition coefficient (Wildman–Crippen LogP) is 2.73. The molecule has 0 fully saturated rings. The number of aromatic nitrogens is 5. The molecule has 4 aromatic rings. The van der Waals surface area contributed by atoms with E-state index in [2.05, 4.69) is 15.1 Å². The lowest BCUT2D eigenvalue weighted by atomic mass is 10.1. The van der Waals surface area contributed by atoms with Crippen LogP contribution in [0.1, 0.15) is 24.7 Å².